The van der Waals surface area contributed by atoms with Crippen molar-refractivity contribution in [3.63, 3.8) is 0 Å². The van der Waals surface area contributed by atoms with E-state index in [9.17, 15) is 13.2 Å². The molecule has 0 bridgehead atoms. The van der Waals surface area contributed by atoms with Crippen molar-refractivity contribution >= 4 is 51.0 Å². The van der Waals surface area contributed by atoms with Crippen LogP contribution in [0, 0.1) is 0 Å². The van der Waals surface area contributed by atoms with E-state index in [1.807, 2.05) is 0 Å². The predicted molar refractivity (Wildman–Crippen MR) is 126 cm³/mol. The van der Waals surface area contributed by atoms with E-state index in [1.165, 1.54) is 37.6 Å². The minimum Gasteiger partial charge on any atom is -0.495 e. The van der Waals surface area contributed by atoms with Gasteiger partial charge in [0.15, 0.2) is 0 Å². The number of benzene rings is 3. The maximum Gasteiger partial charge on any atom is 0.264 e. The van der Waals surface area contributed by atoms with Crippen molar-refractivity contribution in [3.05, 3.63) is 88.4 Å². The SMILES string of the molecule is COc1ccc(Cl)cc1N(CC(=O)N/N=C\c1ccc(Cl)cc1)S(=O)(=O)c1ccccc1. The van der Waals surface area contributed by atoms with Gasteiger partial charge in [-0.05, 0) is 48.0 Å². The third kappa shape index (κ3) is 5.79. The molecule has 3 aromatic rings. The van der Waals surface area contributed by atoms with Crippen molar-refractivity contribution in [1.29, 1.82) is 0 Å². The van der Waals surface area contributed by atoms with Crippen LogP contribution in [0.15, 0.2) is 82.8 Å². The number of halogens is 2. The number of ether oxygens (including phenoxy) is 1. The van der Waals surface area contributed by atoms with E-state index >= 15 is 0 Å². The van der Waals surface area contributed by atoms with Gasteiger partial charge in [-0.25, -0.2) is 13.8 Å². The molecule has 0 aliphatic heterocycles. The Kier molecular flexibility index (Phi) is 7.74. The molecule has 0 saturated carbocycles. The molecule has 7 nitrogen and oxygen atoms in total. The zero-order valence-electron chi connectivity index (χ0n) is 16.9. The molecule has 0 unspecified atom stereocenters. The summed E-state index contributed by atoms with van der Waals surface area (Å²) in [6.07, 6.45) is 1.42. The largest absolute Gasteiger partial charge is 0.495 e. The molecule has 1 amide bonds. The molecule has 3 aromatic carbocycles. The number of anilines is 1. The number of carbonyl (C=O) groups is 1. The average Bonchev–Trinajstić information content (AvgIpc) is 2.79. The Morgan fingerprint density at radius 3 is 2.34 bits per heavy atom. The minimum absolute atomic E-state index is 0.0134. The Balaban J connectivity index is 1.90. The fourth-order valence-electron chi connectivity index (χ4n) is 2.77. The van der Waals surface area contributed by atoms with Crippen LogP contribution in [-0.2, 0) is 14.8 Å². The van der Waals surface area contributed by atoms with Crippen molar-refractivity contribution in [2.75, 3.05) is 18.0 Å². The fourth-order valence-corrected chi connectivity index (χ4v) is 4.51. The van der Waals surface area contributed by atoms with Crippen LogP contribution in [0.5, 0.6) is 5.75 Å². The summed E-state index contributed by atoms with van der Waals surface area (Å²) in [4.78, 5) is 12.6. The number of hydrogen-bond acceptors (Lipinski definition) is 5. The number of amides is 1. The lowest BCUT2D eigenvalue weighted by atomic mass is 10.2. The molecule has 0 atom stereocenters. The highest BCUT2D eigenvalue weighted by Gasteiger charge is 2.29. The van der Waals surface area contributed by atoms with Crippen LogP contribution < -0.4 is 14.5 Å². The second kappa shape index (κ2) is 10.5. The molecule has 0 fully saturated rings. The summed E-state index contributed by atoms with van der Waals surface area (Å²) >= 11 is 11.9. The van der Waals surface area contributed by atoms with Gasteiger partial charge in [0.1, 0.15) is 12.3 Å². The quantitative estimate of drug-likeness (QED) is 0.374. The number of rotatable bonds is 8. The molecule has 1 N–H and O–H groups in total. The van der Waals surface area contributed by atoms with Gasteiger partial charge in [-0.1, -0.05) is 53.5 Å². The predicted octanol–water partition coefficient (Wildman–Crippen LogP) is 4.35. The molecule has 10 heteroatoms. The van der Waals surface area contributed by atoms with Gasteiger partial charge in [0.05, 0.1) is 23.9 Å². The molecule has 0 radical (unpaired) electrons. The summed E-state index contributed by atoms with van der Waals surface area (Å²) in [5, 5.41) is 4.75. The Morgan fingerprint density at radius 1 is 1.03 bits per heavy atom. The van der Waals surface area contributed by atoms with Crippen LogP contribution in [0.2, 0.25) is 10.0 Å². The molecule has 32 heavy (non-hydrogen) atoms. The number of hydrazone groups is 1. The van der Waals surface area contributed by atoms with Crippen molar-refractivity contribution < 1.29 is 17.9 Å². The Morgan fingerprint density at radius 2 is 1.69 bits per heavy atom. The van der Waals surface area contributed by atoms with Gasteiger partial charge in [-0.2, -0.15) is 5.10 Å². The smallest absolute Gasteiger partial charge is 0.264 e. The van der Waals surface area contributed by atoms with Crippen LogP contribution >= 0.6 is 23.2 Å². The molecule has 0 aromatic heterocycles. The van der Waals surface area contributed by atoms with Crippen LogP contribution in [-0.4, -0.2) is 34.2 Å². The summed E-state index contributed by atoms with van der Waals surface area (Å²) in [6.45, 7) is -0.550. The molecule has 0 heterocycles. The van der Waals surface area contributed by atoms with Gasteiger partial charge in [-0.15, -0.1) is 0 Å². The van der Waals surface area contributed by atoms with Crippen molar-refractivity contribution in [2.24, 2.45) is 5.10 Å². The number of hydrogen-bond donors (Lipinski definition) is 1. The van der Waals surface area contributed by atoms with E-state index in [1.54, 1.807) is 48.5 Å². The maximum atomic E-state index is 13.4. The molecule has 0 aliphatic carbocycles. The molecule has 3 rings (SSSR count). The third-order valence-electron chi connectivity index (χ3n) is 4.30. The lowest BCUT2D eigenvalue weighted by Crippen LogP contribution is -2.39. The molecule has 166 valence electrons. The van der Waals surface area contributed by atoms with Crippen molar-refractivity contribution in [2.45, 2.75) is 4.90 Å². The minimum atomic E-state index is -4.11. The molecule has 0 aliphatic rings. The van der Waals surface area contributed by atoms with E-state index < -0.39 is 22.5 Å². The Bertz CT molecular complexity index is 1220. The maximum absolute atomic E-state index is 13.4. The van der Waals surface area contributed by atoms with E-state index in [2.05, 4.69) is 10.5 Å². The van der Waals surface area contributed by atoms with Crippen LogP contribution in [0.4, 0.5) is 5.69 Å². The molecule has 0 saturated heterocycles. The number of nitrogens with zero attached hydrogens (tertiary/aromatic N) is 2. The third-order valence-corrected chi connectivity index (χ3v) is 6.56. The van der Waals surface area contributed by atoms with E-state index in [-0.39, 0.29) is 21.4 Å². The fraction of sp³-hybridized carbons (Fsp3) is 0.0909. The monoisotopic (exact) mass is 491 g/mol. The first-order chi connectivity index (χ1) is 15.3. The molecular weight excluding hydrogens is 473 g/mol. The summed E-state index contributed by atoms with van der Waals surface area (Å²) in [7, 11) is -2.71. The van der Waals surface area contributed by atoms with Crippen molar-refractivity contribution in [3.8, 4) is 5.75 Å². The number of nitrogens with one attached hydrogen (secondary N) is 1. The zero-order valence-corrected chi connectivity index (χ0v) is 19.2. The second-order valence-corrected chi connectivity index (χ2v) is 9.22. The van der Waals surface area contributed by atoms with Gasteiger partial charge in [-0.3, -0.25) is 9.10 Å². The lowest BCUT2D eigenvalue weighted by molar-refractivity contribution is -0.119. The highest BCUT2D eigenvalue weighted by Crippen LogP contribution is 2.34. The van der Waals surface area contributed by atoms with Gasteiger partial charge in [0.2, 0.25) is 0 Å². The summed E-state index contributed by atoms with van der Waals surface area (Å²) in [5.41, 5.74) is 3.17. The Labute approximate surface area is 196 Å². The number of methoxy groups -OCH3 is 1. The van der Waals surface area contributed by atoms with Crippen LogP contribution in [0.3, 0.4) is 0 Å². The molecule has 0 spiro atoms. The van der Waals surface area contributed by atoms with Crippen molar-refractivity contribution in [1.82, 2.24) is 5.43 Å². The topological polar surface area (TPSA) is 88.1 Å². The second-order valence-electron chi connectivity index (χ2n) is 6.49. The standard InChI is InChI=1S/C22H19Cl2N3O4S/c1-31-21-12-11-18(24)13-20(21)27(32(29,30)19-5-3-2-4-6-19)15-22(28)26-25-14-16-7-9-17(23)10-8-16/h2-14H,15H2,1H3,(H,26,28)/b25-14-. The highest BCUT2D eigenvalue weighted by atomic mass is 35.5. The summed E-state index contributed by atoms with van der Waals surface area (Å²) in [6, 6.07) is 19.1. The van der Waals surface area contributed by atoms with Gasteiger partial charge < -0.3 is 4.74 Å². The molecular formula is C22H19Cl2N3O4S. The van der Waals surface area contributed by atoms with Crippen LogP contribution in [0.1, 0.15) is 5.56 Å². The van der Waals surface area contributed by atoms with Gasteiger partial charge in [0.25, 0.3) is 15.9 Å². The number of sulfonamides is 1. The first kappa shape index (κ1) is 23.6. The van der Waals surface area contributed by atoms with Gasteiger partial charge >= 0.3 is 0 Å². The summed E-state index contributed by atoms with van der Waals surface area (Å²) < 4.78 is 33.0. The van der Waals surface area contributed by atoms with Crippen LogP contribution in [0.25, 0.3) is 0 Å². The zero-order chi connectivity index (χ0) is 23.1. The van der Waals surface area contributed by atoms with E-state index in [0.29, 0.717) is 10.6 Å². The first-order valence-corrected chi connectivity index (χ1v) is 11.5. The average molecular weight is 492 g/mol. The first-order valence-electron chi connectivity index (χ1n) is 9.30. The summed E-state index contributed by atoms with van der Waals surface area (Å²) in [5.74, 6) is -0.414. The van der Waals surface area contributed by atoms with Gasteiger partial charge in [0, 0.05) is 10.0 Å². The highest BCUT2D eigenvalue weighted by molar-refractivity contribution is 7.92. The lowest BCUT2D eigenvalue weighted by Gasteiger charge is -2.25. The van der Waals surface area contributed by atoms with E-state index in [4.69, 9.17) is 27.9 Å². The van der Waals surface area contributed by atoms with E-state index in [0.717, 1.165) is 4.31 Å². The number of carbonyl (C=O) groups excluding carboxylic acids is 1. The normalized spacial score (nSPS) is 11.3. The Hall–Kier alpha value is -3.07.